The lowest BCUT2D eigenvalue weighted by Gasteiger charge is -2.10. The zero-order valence-corrected chi connectivity index (χ0v) is 9.13. The van der Waals surface area contributed by atoms with Gasteiger partial charge in [0.05, 0.1) is 6.04 Å². The van der Waals surface area contributed by atoms with Crippen LogP contribution in [0, 0.1) is 0 Å². The lowest BCUT2D eigenvalue weighted by Crippen LogP contribution is -1.94. The van der Waals surface area contributed by atoms with E-state index in [1.54, 1.807) is 0 Å². The van der Waals surface area contributed by atoms with Crippen LogP contribution in [-0.2, 0) is 0 Å². The molecule has 1 aromatic carbocycles. The van der Waals surface area contributed by atoms with Gasteiger partial charge in [-0.1, -0.05) is 61.6 Å². The van der Waals surface area contributed by atoms with Gasteiger partial charge >= 0.3 is 0 Å². The first kappa shape index (κ1) is 11.6. The van der Waals surface area contributed by atoms with Gasteiger partial charge in [0.2, 0.25) is 0 Å². The van der Waals surface area contributed by atoms with E-state index in [4.69, 9.17) is 5.53 Å². The Hall–Kier alpha value is -1.47. The average molecular weight is 203 g/mol. The number of rotatable bonds is 6. The summed E-state index contributed by atoms with van der Waals surface area (Å²) in [6.45, 7) is 2.17. The Morgan fingerprint density at radius 3 is 2.60 bits per heavy atom. The second kappa shape index (κ2) is 6.91. The third-order valence-electron chi connectivity index (χ3n) is 2.46. The van der Waals surface area contributed by atoms with E-state index >= 15 is 0 Å². The van der Waals surface area contributed by atoms with Crippen LogP contribution in [0.2, 0.25) is 0 Å². The molecule has 1 unspecified atom stereocenters. The minimum absolute atomic E-state index is 0.00255. The van der Waals surface area contributed by atoms with E-state index in [9.17, 15) is 0 Å². The van der Waals surface area contributed by atoms with Crippen LogP contribution in [-0.4, -0.2) is 0 Å². The third-order valence-corrected chi connectivity index (χ3v) is 2.46. The maximum Gasteiger partial charge on any atom is 0.0625 e. The van der Waals surface area contributed by atoms with E-state index in [0.717, 1.165) is 18.4 Å². The first-order valence-electron chi connectivity index (χ1n) is 5.47. The standard InChI is InChI=1S/C12H17N3/c1-2-3-5-10-12(14-15-13)11-8-6-4-7-9-11/h4,6-9,12H,2-3,5,10H2,1H3. The molecule has 0 N–H and O–H groups in total. The molecule has 0 fully saturated rings. The zero-order chi connectivity index (χ0) is 10.9. The largest absolute Gasteiger partial charge is 0.0859 e. The monoisotopic (exact) mass is 203 g/mol. The quantitative estimate of drug-likeness (QED) is 0.280. The smallest absolute Gasteiger partial charge is 0.0625 e. The summed E-state index contributed by atoms with van der Waals surface area (Å²) in [5, 5.41) is 3.85. The van der Waals surface area contributed by atoms with Gasteiger partial charge in [-0.2, -0.15) is 0 Å². The molecule has 0 amide bonds. The molecule has 1 aromatic rings. The lowest BCUT2D eigenvalue weighted by atomic mass is 10.0. The van der Waals surface area contributed by atoms with Crippen LogP contribution >= 0.6 is 0 Å². The predicted molar refractivity (Wildman–Crippen MR) is 62.5 cm³/mol. The molecule has 0 radical (unpaired) electrons. The van der Waals surface area contributed by atoms with Crippen molar-refractivity contribution >= 4 is 0 Å². The Bertz CT molecular complexity index is 315. The fourth-order valence-electron chi connectivity index (χ4n) is 1.62. The molecule has 3 heteroatoms. The van der Waals surface area contributed by atoms with Crippen LogP contribution in [0.5, 0.6) is 0 Å². The van der Waals surface area contributed by atoms with Crippen molar-refractivity contribution in [2.24, 2.45) is 5.11 Å². The van der Waals surface area contributed by atoms with Gasteiger partial charge in [0.25, 0.3) is 0 Å². The number of benzene rings is 1. The number of hydrogen-bond donors (Lipinski definition) is 0. The molecule has 0 aliphatic heterocycles. The van der Waals surface area contributed by atoms with Gasteiger partial charge in [-0.05, 0) is 17.5 Å². The highest BCUT2D eigenvalue weighted by molar-refractivity contribution is 5.18. The fraction of sp³-hybridized carbons (Fsp3) is 0.500. The van der Waals surface area contributed by atoms with Gasteiger partial charge in [0, 0.05) is 4.91 Å². The number of azide groups is 1. The molecule has 0 heterocycles. The van der Waals surface area contributed by atoms with Gasteiger partial charge in [0.15, 0.2) is 0 Å². The van der Waals surface area contributed by atoms with Crippen LogP contribution in [0.3, 0.4) is 0 Å². The molecule has 0 saturated carbocycles. The molecule has 1 atom stereocenters. The molecule has 0 aliphatic carbocycles. The van der Waals surface area contributed by atoms with Crippen LogP contribution < -0.4 is 0 Å². The molecule has 0 spiro atoms. The molecule has 0 saturated heterocycles. The maximum atomic E-state index is 8.51. The highest BCUT2D eigenvalue weighted by Crippen LogP contribution is 2.23. The topological polar surface area (TPSA) is 48.8 Å². The summed E-state index contributed by atoms with van der Waals surface area (Å²) in [6.07, 6.45) is 4.46. The van der Waals surface area contributed by atoms with Gasteiger partial charge in [0.1, 0.15) is 0 Å². The van der Waals surface area contributed by atoms with Crippen molar-refractivity contribution in [1.29, 1.82) is 0 Å². The van der Waals surface area contributed by atoms with Crippen molar-refractivity contribution in [1.82, 2.24) is 0 Å². The number of hydrogen-bond acceptors (Lipinski definition) is 1. The molecule has 0 aromatic heterocycles. The van der Waals surface area contributed by atoms with Gasteiger partial charge in [-0.3, -0.25) is 0 Å². The van der Waals surface area contributed by atoms with Gasteiger partial charge in [-0.15, -0.1) is 0 Å². The maximum absolute atomic E-state index is 8.51. The van der Waals surface area contributed by atoms with Crippen LogP contribution in [0.1, 0.15) is 44.2 Å². The van der Waals surface area contributed by atoms with Crippen LogP contribution in [0.25, 0.3) is 10.4 Å². The van der Waals surface area contributed by atoms with Crippen molar-refractivity contribution in [3.63, 3.8) is 0 Å². The Morgan fingerprint density at radius 1 is 1.27 bits per heavy atom. The van der Waals surface area contributed by atoms with E-state index < -0.39 is 0 Å². The first-order chi connectivity index (χ1) is 7.38. The summed E-state index contributed by atoms with van der Waals surface area (Å²) in [5.74, 6) is 0. The van der Waals surface area contributed by atoms with E-state index in [1.165, 1.54) is 12.8 Å². The number of nitrogens with zero attached hydrogens (tertiary/aromatic N) is 3. The third kappa shape index (κ3) is 4.05. The zero-order valence-electron chi connectivity index (χ0n) is 9.13. The SMILES string of the molecule is CCCCCC(N=[N+]=[N-])c1ccccc1. The summed E-state index contributed by atoms with van der Waals surface area (Å²) < 4.78 is 0. The summed E-state index contributed by atoms with van der Waals surface area (Å²) in [4.78, 5) is 2.92. The minimum atomic E-state index is 0.00255. The van der Waals surface area contributed by atoms with Gasteiger partial charge < -0.3 is 0 Å². The predicted octanol–water partition coefficient (Wildman–Crippen LogP) is 4.62. The van der Waals surface area contributed by atoms with Crippen molar-refractivity contribution < 1.29 is 0 Å². The Balaban J connectivity index is 2.62. The Morgan fingerprint density at radius 2 is 2.00 bits per heavy atom. The second-order valence-corrected chi connectivity index (χ2v) is 3.63. The summed E-state index contributed by atoms with van der Waals surface area (Å²) in [5.41, 5.74) is 9.63. The second-order valence-electron chi connectivity index (χ2n) is 3.63. The normalized spacial score (nSPS) is 11.8. The highest BCUT2D eigenvalue weighted by Gasteiger charge is 2.07. The molecular formula is C12H17N3. The Kier molecular flexibility index (Phi) is 5.34. The molecule has 0 aliphatic rings. The van der Waals surface area contributed by atoms with Crippen molar-refractivity contribution in [3.05, 3.63) is 46.3 Å². The first-order valence-corrected chi connectivity index (χ1v) is 5.47. The van der Waals surface area contributed by atoms with Crippen LogP contribution in [0.15, 0.2) is 35.4 Å². The average Bonchev–Trinajstić information content (AvgIpc) is 2.29. The molecule has 3 nitrogen and oxygen atoms in total. The minimum Gasteiger partial charge on any atom is -0.0859 e. The van der Waals surface area contributed by atoms with E-state index in [-0.39, 0.29) is 6.04 Å². The molecule has 15 heavy (non-hydrogen) atoms. The van der Waals surface area contributed by atoms with E-state index in [2.05, 4.69) is 16.9 Å². The van der Waals surface area contributed by atoms with E-state index in [0.29, 0.717) is 0 Å². The van der Waals surface area contributed by atoms with E-state index in [1.807, 2.05) is 30.3 Å². The fourth-order valence-corrected chi connectivity index (χ4v) is 1.62. The lowest BCUT2D eigenvalue weighted by molar-refractivity contribution is 0.579. The molecule has 80 valence electrons. The summed E-state index contributed by atoms with van der Waals surface area (Å²) >= 11 is 0. The Labute approximate surface area is 90.8 Å². The van der Waals surface area contributed by atoms with Crippen molar-refractivity contribution in [2.45, 2.75) is 38.6 Å². The van der Waals surface area contributed by atoms with Crippen molar-refractivity contribution in [3.8, 4) is 0 Å². The van der Waals surface area contributed by atoms with Crippen LogP contribution in [0.4, 0.5) is 0 Å². The number of unbranched alkanes of at least 4 members (excludes halogenated alkanes) is 2. The van der Waals surface area contributed by atoms with Gasteiger partial charge in [-0.25, -0.2) is 0 Å². The summed E-state index contributed by atoms with van der Waals surface area (Å²) in [7, 11) is 0. The molecular weight excluding hydrogens is 186 g/mol. The molecule has 1 rings (SSSR count). The summed E-state index contributed by atoms with van der Waals surface area (Å²) in [6, 6.07) is 9.98. The highest BCUT2D eigenvalue weighted by atomic mass is 15.1. The van der Waals surface area contributed by atoms with Crippen molar-refractivity contribution in [2.75, 3.05) is 0 Å². The molecule has 0 bridgehead atoms.